The zero-order valence-corrected chi connectivity index (χ0v) is 8.14. The van der Waals surface area contributed by atoms with Gasteiger partial charge in [0.1, 0.15) is 5.82 Å². The van der Waals surface area contributed by atoms with Gasteiger partial charge in [0.2, 0.25) is 0 Å². The van der Waals surface area contributed by atoms with Gasteiger partial charge < -0.3 is 5.32 Å². The summed E-state index contributed by atoms with van der Waals surface area (Å²) in [6.07, 6.45) is 0. The fraction of sp³-hybridized carbons (Fsp3) is 0. The van der Waals surface area contributed by atoms with E-state index < -0.39 is 17.6 Å². The summed E-state index contributed by atoms with van der Waals surface area (Å²) in [7, 11) is 0. The number of nitrogens with one attached hydrogen (secondary N) is 2. The van der Waals surface area contributed by atoms with Crippen LogP contribution >= 0.6 is 11.6 Å². The van der Waals surface area contributed by atoms with Crippen LogP contribution in [0.25, 0.3) is 0 Å². The van der Waals surface area contributed by atoms with E-state index in [2.05, 4.69) is 5.32 Å². The number of hydrogen-bond acceptors (Lipinski definition) is 3. The Bertz CT molecular complexity index is 411. The molecule has 0 fully saturated rings. The Balaban J connectivity index is 2.77. The number of hydrogen-bond donors (Lipinski definition) is 3. The van der Waals surface area contributed by atoms with Gasteiger partial charge in [0, 0.05) is 5.69 Å². The molecule has 1 aromatic rings. The molecule has 0 aliphatic heterocycles. The van der Waals surface area contributed by atoms with Gasteiger partial charge in [-0.3, -0.25) is 15.0 Å². The van der Waals surface area contributed by atoms with Crippen molar-refractivity contribution in [1.82, 2.24) is 5.43 Å². The number of amides is 2. The van der Waals surface area contributed by atoms with Crippen molar-refractivity contribution in [2.24, 2.45) is 5.84 Å². The van der Waals surface area contributed by atoms with Crippen molar-refractivity contribution in [2.45, 2.75) is 0 Å². The van der Waals surface area contributed by atoms with Crippen LogP contribution in [-0.2, 0) is 9.59 Å². The lowest BCUT2D eigenvalue weighted by Crippen LogP contribution is -2.39. The molecular formula is C8H7ClFN3O2. The van der Waals surface area contributed by atoms with E-state index in [1.54, 1.807) is 5.43 Å². The van der Waals surface area contributed by atoms with E-state index in [0.29, 0.717) is 0 Å². The summed E-state index contributed by atoms with van der Waals surface area (Å²) in [5, 5.41) is 2.06. The van der Waals surface area contributed by atoms with E-state index in [0.717, 1.165) is 6.07 Å². The van der Waals surface area contributed by atoms with Gasteiger partial charge in [-0.2, -0.15) is 0 Å². The molecule has 15 heavy (non-hydrogen) atoms. The van der Waals surface area contributed by atoms with E-state index in [4.69, 9.17) is 17.4 Å². The number of nitrogens with two attached hydrogens (primary N) is 1. The van der Waals surface area contributed by atoms with E-state index in [1.807, 2.05) is 0 Å². The summed E-state index contributed by atoms with van der Waals surface area (Å²) in [4.78, 5) is 21.7. The number of carbonyl (C=O) groups excluding carboxylic acids is 2. The Morgan fingerprint density at radius 2 is 2.00 bits per heavy atom. The molecular weight excluding hydrogens is 225 g/mol. The van der Waals surface area contributed by atoms with Crippen molar-refractivity contribution in [3.8, 4) is 0 Å². The van der Waals surface area contributed by atoms with Crippen molar-refractivity contribution in [1.29, 1.82) is 0 Å². The Hall–Kier alpha value is -1.66. The SMILES string of the molecule is NNC(=O)C(=O)Nc1ccc(Cl)c(F)c1. The lowest BCUT2D eigenvalue weighted by molar-refractivity contribution is -0.136. The molecule has 0 aromatic heterocycles. The topological polar surface area (TPSA) is 84.2 Å². The molecule has 7 heteroatoms. The molecule has 2 amide bonds. The minimum Gasteiger partial charge on any atom is -0.318 e. The molecule has 1 rings (SSSR count). The van der Waals surface area contributed by atoms with Crippen LogP contribution in [0.2, 0.25) is 5.02 Å². The standard InChI is InChI=1S/C8H7ClFN3O2/c9-5-2-1-4(3-6(5)10)12-7(14)8(15)13-11/h1-3H,11H2,(H,12,14)(H,13,15). The molecule has 0 radical (unpaired) electrons. The number of benzene rings is 1. The third kappa shape index (κ3) is 2.90. The van der Waals surface area contributed by atoms with Crippen LogP contribution in [0.3, 0.4) is 0 Å². The lowest BCUT2D eigenvalue weighted by Gasteiger charge is -2.04. The molecule has 80 valence electrons. The first-order chi connectivity index (χ1) is 7.04. The normalized spacial score (nSPS) is 9.53. The highest BCUT2D eigenvalue weighted by Gasteiger charge is 2.12. The quantitative estimate of drug-likeness (QED) is 0.283. The smallest absolute Gasteiger partial charge is 0.318 e. The number of hydrazine groups is 1. The van der Waals surface area contributed by atoms with Crippen molar-refractivity contribution in [2.75, 3.05) is 5.32 Å². The Morgan fingerprint density at radius 3 is 2.53 bits per heavy atom. The molecule has 0 atom stereocenters. The van der Waals surface area contributed by atoms with Gasteiger partial charge >= 0.3 is 11.8 Å². The maximum atomic E-state index is 12.9. The van der Waals surface area contributed by atoms with Crippen LogP contribution in [0, 0.1) is 5.82 Å². The number of carbonyl (C=O) groups is 2. The largest absolute Gasteiger partial charge is 0.323 e. The van der Waals surface area contributed by atoms with Gasteiger partial charge in [-0.15, -0.1) is 0 Å². The number of anilines is 1. The molecule has 0 unspecified atom stereocenters. The van der Waals surface area contributed by atoms with Gasteiger partial charge in [-0.25, -0.2) is 10.2 Å². The second kappa shape index (κ2) is 4.72. The van der Waals surface area contributed by atoms with Crippen molar-refractivity contribution < 1.29 is 14.0 Å². The molecule has 1 aromatic carbocycles. The van der Waals surface area contributed by atoms with E-state index in [1.165, 1.54) is 12.1 Å². The average molecular weight is 232 g/mol. The van der Waals surface area contributed by atoms with Crippen molar-refractivity contribution >= 4 is 29.1 Å². The maximum absolute atomic E-state index is 12.9. The number of halogens is 2. The summed E-state index contributed by atoms with van der Waals surface area (Å²) < 4.78 is 12.9. The van der Waals surface area contributed by atoms with Crippen molar-refractivity contribution in [3.63, 3.8) is 0 Å². The lowest BCUT2D eigenvalue weighted by atomic mass is 10.3. The molecule has 0 aliphatic carbocycles. The zero-order chi connectivity index (χ0) is 11.4. The molecule has 0 bridgehead atoms. The molecule has 4 N–H and O–H groups in total. The summed E-state index contributed by atoms with van der Waals surface area (Å²) in [5.41, 5.74) is 1.76. The second-order valence-corrected chi connectivity index (χ2v) is 2.96. The van der Waals surface area contributed by atoms with Gasteiger partial charge in [-0.05, 0) is 18.2 Å². The van der Waals surface area contributed by atoms with E-state index in [-0.39, 0.29) is 10.7 Å². The molecule has 0 saturated heterocycles. The van der Waals surface area contributed by atoms with E-state index >= 15 is 0 Å². The van der Waals surface area contributed by atoms with Crippen LogP contribution in [0.5, 0.6) is 0 Å². The number of rotatable bonds is 1. The minimum atomic E-state index is -1.02. The predicted octanol–water partition coefficient (Wildman–Crippen LogP) is 0.407. The highest BCUT2D eigenvalue weighted by molar-refractivity contribution is 6.39. The summed E-state index contributed by atoms with van der Waals surface area (Å²) in [6.45, 7) is 0. The fourth-order valence-corrected chi connectivity index (χ4v) is 0.945. The maximum Gasteiger partial charge on any atom is 0.323 e. The van der Waals surface area contributed by atoms with Crippen LogP contribution in [0.1, 0.15) is 0 Å². The highest BCUT2D eigenvalue weighted by atomic mass is 35.5. The first-order valence-corrected chi connectivity index (χ1v) is 4.19. The molecule has 0 saturated carbocycles. The third-order valence-electron chi connectivity index (χ3n) is 1.51. The van der Waals surface area contributed by atoms with Crippen LogP contribution < -0.4 is 16.6 Å². The van der Waals surface area contributed by atoms with Crippen molar-refractivity contribution in [3.05, 3.63) is 29.0 Å². The first-order valence-electron chi connectivity index (χ1n) is 3.81. The van der Waals surface area contributed by atoms with Crippen LogP contribution in [0.15, 0.2) is 18.2 Å². The summed E-state index contributed by atoms with van der Waals surface area (Å²) in [5.74, 6) is 2.02. The molecule has 0 heterocycles. The third-order valence-corrected chi connectivity index (χ3v) is 1.82. The predicted molar refractivity (Wildman–Crippen MR) is 52.4 cm³/mol. The monoisotopic (exact) mass is 231 g/mol. The van der Waals surface area contributed by atoms with Gasteiger partial charge in [0.15, 0.2) is 0 Å². The Labute approximate surface area is 89.4 Å². The summed E-state index contributed by atoms with van der Waals surface area (Å²) >= 11 is 5.42. The van der Waals surface area contributed by atoms with Gasteiger partial charge in [0.25, 0.3) is 0 Å². The van der Waals surface area contributed by atoms with Gasteiger partial charge in [0.05, 0.1) is 5.02 Å². The van der Waals surface area contributed by atoms with E-state index in [9.17, 15) is 14.0 Å². The van der Waals surface area contributed by atoms with Crippen LogP contribution in [0.4, 0.5) is 10.1 Å². The van der Waals surface area contributed by atoms with Gasteiger partial charge in [-0.1, -0.05) is 11.6 Å². The zero-order valence-electron chi connectivity index (χ0n) is 7.38. The minimum absolute atomic E-state index is 0.0729. The molecule has 0 spiro atoms. The Morgan fingerprint density at radius 1 is 1.33 bits per heavy atom. The first kappa shape index (κ1) is 11.4. The average Bonchev–Trinajstić information content (AvgIpc) is 2.22. The van der Waals surface area contributed by atoms with Crippen LogP contribution in [-0.4, -0.2) is 11.8 Å². The highest BCUT2D eigenvalue weighted by Crippen LogP contribution is 2.18. The molecule has 0 aliphatic rings. The summed E-state index contributed by atoms with van der Waals surface area (Å²) in [6, 6.07) is 3.60. The second-order valence-electron chi connectivity index (χ2n) is 2.56. The Kier molecular flexibility index (Phi) is 3.59. The fourth-order valence-electron chi connectivity index (χ4n) is 0.827. The molecule has 5 nitrogen and oxygen atoms in total.